The first-order valence-corrected chi connectivity index (χ1v) is 7.20. The van der Waals surface area contributed by atoms with Gasteiger partial charge in [0.25, 0.3) is 0 Å². The third-order valence-electron chi connectivity index (χ3n) is 3.69. The Morgan fingerprint density at radius 2 is 1.94 bits per heavy atom. The molecule has 3 nitrogen and oxygen atoms in total. The molecule has 1 aliphatic rings. The van der Waals surface area contributed by atoms with Gasteiger partial charge in [-0.1, -0.05) is 36.7 Å². The maximum Gasteiger partial charge on any atom is 0.320 e. The number of ether oxygens (including phenoxy) is 1. The Morgan fingerprint density at radius 1 is 1.41 bits per heavy atom. The van der Waals surface area contributed by atoms with Crippen molar-refractivity contribution in [3.05, 3.63) is 0 Å². The summed E-state index contributed by atoms with van der Waals surface area (Å²) in [7, 11) is 1.43. The van der Waals surface area contributed by atoms with Crippen molar-refractivity contribution >= 4 is 21.9 Å². The van der Waals surface area contributed by atoms with Crippen LogP contribution in [0.1, 0.15) is 33.6 Å². The molecule has 0 bridgehead atoms. The maximum absolute atomic E-state index is 11.3. The highest BCUT2D eigenvalue weighted by molar-refractivity contribution is 9.10. The molecule has 4 heteroatoms. The lowest BCUT2D eigenvalue weighted by atomic mass is 9.75. The molecule has 1 aliphatic heterocycles. The van der Waals surface area contributed by atoms with Gasteiger partial charge < -0.3 is 9.64 Å². The Bertz CT molecular complexity index is 255. The third-order valence-corrected chi connectivity index (χ3v) is 4.35. The first-order valence-electron chi connectivity index (χ1n) is 6.29. The van der Waals surface area contributed by atoms with Gasteiger partial charge in [-0.15, -0.1) is 0 Å². The van der Waals surface area contributed by atoms with Crippen LogP contribution in [0.25, 0.3) is 0 Å². The fraction of sp³-hybridized carbons (Fsp3) is 0.923. The summed E-state index contributed by atoms with van der Waals surface area (Å²) in [4.78, 5) is 13.5. The standard InChI is InChI=1S/C13H24BrNO2/c1-13(2,3)10-5-7-15(8-6-10)9-11(14)12(16)17-4/h10-11H,5-9H2,1-4H3. The van der Waals surface area contributed by atoms with Crippen LogP contribution in [0.3, 0.4) is 0 Å². The van der Waals surface area contributed by atoms with Crippen LogP contribution in [-0.4, -0.2) is 42.4 Å². The minimum atomic E-state index is -0.196. The van der Waals surface area contributed by atoms with Crippen molar-refractivity contribution in [2.75, 3.05) is 26.7 Å². The minimum absolute atomic E-state index is 0.178. The predicted molar refractivity (Wildman–Crippen MR) is 73.4 cm³/mol. The number of hydrogen-bond acceptors (Lipinski definition) is 3. The number of carbonyl (C=O) groups is 1. The lowest BCUT2D eigenvalue weighted by molar-refractivity contribution is -0.140. The van der Waals surface area contributed by atoms with Gasteiger partial charge in [0.15, 0.2) is 0 Å². The number of likely N-dealkylation sites (tertiary alicyclic amines) is 1. The highest BCUT2D eigenvalue weighted by Gasteiger charge is 2.30. The molecular formula is C13H24BrNO2. The molecule has 1 rings (SSSR count). The summed E-state index contributed by atoms with van der Waals surface area (Å²) < 4.78 is 4.72. The molecule has 0 spiro atoms. The van der Waals surface area contributed by atoms with E-state index in [1.807, 2.05) is 0 Å². The second-order valence-corrected chi connectivity index (χ2v) is 7.04. The van der Waals surface area contributed by atoms with Crippen molar-refractivity contribution in [3.8, 4) is 0 Å². The molecule has 17 heavy (non-hydrogen) atoms. The summed E-state index contributed by atoms with van der Waals surface area (Å²) in [6, 6.07) is 0. The van der Waals surface area contributed by atoms with Crippen LogP contribution in [0.5, 0.6) is 0 Å². The predicted octanol–water partition coefficient (Wildman–Crippen LogP) is 2.68. The van der Waals surface area contributed by atoms with Gasteiger partial charge in [0.05, 0.1) is 7.11 Å². The monoisotopic (exact) mass is 305 g/mol. The Hall–Kier alpha value is -0.0900. The van der Waals surface area contributed by atoms with Crippen LogP contribution < -0.4 is 0 Å². The number of hydrogen-bond donors (Lipinski definition) is 0. The SMILES string of the molecule is COC(=O)C(Br)CN1CCC(C(C)(C)C)CC1. The molecule has 0 amide bonds. The molecule has 100 valence electrons. The smallest absolute Gasteiger partial charge is 0.320 e. The second-order valence-electron chi connectivity index (χ2n) is 5.93. The van der Waals surface area contributed by atoms with E-state index in [-0.39, 0.29) is 10.8 Å². The van der Waals surface area contributed by atoms with E-state index < -0.39 is 0 Å². The molecule has 0 aromatic carbocycles. The number of halogens is 1. The summed E-state index contributed by atoms with van der Waals surface area (Å²) >= 11 is 3.38. The highest BCUT2D eigenvalue weighted by atomic mass is 79.9. The summed E-state index contributed by atoms with van der Waals surface area (Å²) in [6.45, 7) is 9.87. The zero-order valence-electron chi connectivity index (χ0n) is 11.3. The van der Waals surface area contributed by atoms with Crippen LogP contribution in [0.2, 0.25) is 0 Å². The number of piperidine rings is 1. The van der Waals surface area contributed by atoms with Crippen molar-refractivity contribution in [1.82, 2.24) is 4.90 Å². The molecular weight excluding hydrogens is 282 g/mol. The molecule has 1 saturated heterocycles. The molecule has 0 aromatic rings. The van der Waals surface area contributed by atoms with Crippen LogP contribution in [0.15, 0.2) is 0 Å². The van der Waals surface area contributed by atoms with Gasteiger partial charge >= 0.3 is 5.97 Å². The topological polar surface area (TPSA) is 29.5 Å². The molecule has 1 heterocycles. The molecule has 1 atom stereocenters. The summed E-state index contributed by atoms with van der Waals surface area (Å²) in [5, 5.41) is 0. The highest BCUT2D eigenvalue weighted by Crippen LogP contribution is 2.34. The molecule has 0 saturated carbocycles. The van der Waals surface area contributed by atoms with Crippen molar-refractivity contribution in [1.29, 1.82) is 0 Å². The lowest BCUT2D eigenvalue weighted by Gasteiger charge is -2.39. The molecule has 0 radical (unpaired) electrons. The molecule has 0 N–H and O–H groups in total. The van der Waals surface area contributed by atoms with Crippen LogP contribution in [-0.2, 0) is 9.53 Å². The largest absolute Gasteiger partial charge is 0.468 e. The number of rotatable bonds is 3. The van der Waals surface area contributed by atoms with Crippen LogP contribution in [0, 0.1) is 11.3 Å². The van der Waals surface area contributed by atoms with Crippen molar-refractivity contribution < 1.29 is 9.53 Å². The zero-order chi connectivity index (χ0) is 13.1. The number of methoxy groups -OCH3 is 1. The van der Waals surface area contributed by atoms with E-state index in [0.29, 0.717) is 5.41 Å². The number of esters is 1. The van der Waals surface area contributed by atoms with E-state index in [2.05, 4.69) is 41.6 Å². The first-order chi connectivity index (χ1) is 7.84. The minimum Gasteiger partial charge on any atom is -0.468 e. The first kappa shape index (κ1) is 15.0. The van der Waals surface area contributed by atoms with Gasteiger partial charge in [0.2, 0.25) is 0 Å². The third kappa shape index (κ3) is 4.59. The normalized spacial score (nSPS) is 21.2. The molecule has 0 aliphatic carbocycles. The fourth-order valence-electron chi connectivity index (χ4n) is 2.41. The molecule has 0 aromatic heterocycles. The average molecular weight is 306 g/mol. The maximum atomic E-state index is 11.3. The van der Waals surface area contributed by atoms with E-state index in [0.717, 1.165) is 25.6 Å². The van der Waals surface area contributed by atoms with Crippen molar-refractivity contribution in [2.45, 2.75) is 38.4 Å². The summed E-state index contributed by atoms with van der Waals surface area (Å²) in [6.07, 6.45) is 2.45. The Labute approximate surface area is 113 Å². The Morgan fingerprint density at radius 3 is 2.35 bits per heavy atom. The summed E-state index contributed by atoms with van der Waals surface area (Å²) in [5.74, 6) is 0.619. The van der Waals surface area contributed by atoms with Gasteiger partial charge in [-0.05, 0) is 37.3 Å². The fourth-order valence-corrected chi connectivity index (χ4v) is 3.01. The van der Waals surface area contributed by atoms with E-state index in [9.17, 15) is 4.79 Å². The van der Waals surface area contributed by atoms with Gasteiger partial charge in [-0.25, -0.2) is 0 Å². The second kappa shape index (κ2) is 6.19. The van der Waals surface area contributed by atoms with Crippen LogP contribution >= 0.6 is 15.9 Å². The van der Waals surface area contributed by atoms with Gasteiger partial charge in [0, 0.05) is 6.54 Å². The Balaban J connectivity index is 2.35. The van der Waals surface area contributed by atoms with Gasteiger partial charge in [-0.2, -0.15) is 0 Å². The van der Waals surface area contributed by atoms with E-state index in [4.69, 9.17) is 4.74 Å². The van der Waals surface area contributed by atoms with E-state index in [1.54, 1.807) is 0 Å². The number of alkyl halides is 1. The lowest BCUT2D eigenvalue weighted by Crippen LogP contribution is -2.42. The van der Waals surface area contributed by atoms with Gasteiger partial charge in [-0.3, -0.25) is 4.79 Å². The number of carbonyl (C=O) groups excluding carboxylic acids is 1. The molecule has 1 unspecified atom stereocenters. The van der Waals surface area contributed by atoms with Crippen molar-refractivity contribution in [2.24, 2.45) is 11.3 Å². The zero-order valence-corrected chi connectivity index (χ0v) is 12.9. The van der Waals surface area contributed by atoms with E-state index >= 15 is 0 Å². The number of nitrogens with zero attached hydrogens (tertiary/aromatic N) is 1. The van der Waals surface area contributed by atoms with Crippen molar-refractivity contribution in [3.63, 3.8) is 0 Å². The van der Waals surface area contributed by atoms with E-state index in [1.165, 1.54) is 20.0 Å². The quantitative estimate of drug-likeness (QED) is 0.593. The van der Waals surface area contributed by atoms with Crippen LogP contribution in [0.4, 0.5) is 0 Å². The average Bonchev–Trinajstić information content (AvgIpc) is 2.27. The molecule has 1 fully saturated rings. The van der Waals surface area contributed by atoms with Gasteiger partial charge in [0.1, 0.15) is 4.83 Å². The Kier molecular flexibility index (Phi) is 5.45. The summed E-state index contributed by atoms with van der Waals surface area (Å²) in [5.41, 5.74) is 0.405.